The predicted octanol–water partition coefficient (Wildman–Crippen LogP) is 3.84. The quantitative estimate of drug-likeness (QED) is 0.785. The third kappa shape index (κ3) is 4.10. The van der Waals surface area contributed by atoms with Gasteiger partial charge < -0.3 is 15.0 Å². The Hall–Kier alpha value is -2.89. The topological polar surface area (TPSA) is 58.6 Å². The van der Waals surface area contributed by atoms with Crippen molar-refractivity contribution in [1.82, 2.24) is 0 Å². The molecule has 6 heteroatoms. The number of nitrogens with zero attached hydrogens (tertiary/aromatic N) is 1. The molecule has 0 aromatic heterocycles. The lowest BCUT2D eigenvalue weighted by molar-refractivity contribution is -0.148. The van der Waals surface area contributed by atoms with Gasteiger partial charge >= 0.3 is 5.97 Å². The average molecular weight is 370 g/mol. The van der Waals surface area contributed by atoms with E-state index in [9.17, 15) is 14.0 Å². The summed E-state index contributed by atoms with van der Waals surface area (Å²) in [4.78, 5) is 26.8. The number of carbonyl (C=O) groups is 2. The van der Waals surface area contributed by atoms with Crippen molar-refractivity contribution in [2.45, 2.75) is 32.8 Å². The van der Waals surface area contributed by atoms with E-state index >= 15 is 0 Å². The van der Waals surface area contributed by atoms with Crippen molar-refractivity contribution < 1.29 is 18.7 Å². The van der Waals surface area contributed by atoms with Crippen LogP contribution in [-0.2, 0) is 20.9 Å². The zero-order chi connectivity index (χ0) is 19.4. The van der Waals surface area contributed by atoms with Crippen LogP contribution in [0.5, 0.6) is 0 Å². The molecule has 0 bridgehead atoms. The van der Waals surface area contributed by atoms with Gasteiger partial charge in [0, 0.05) is 36.4 Å². The molecule has 1 atom stereocenters. The van der Waals surface area contributed by atoms with E-state index in [1.165, 1.54) is 18.2 Å². The zero-order valence-electron chi connectivity index (χ0n) is 15.5. The first-order valence-electron chi connectivity index (χ1n) is 9.12. The number of esters is 1. The predicted molar refractivity (Wildman–Crippen MR) is 102 cm³/mol. The molecule has 3 rings (SSSR count). The molecule has 2 aromatic rings. The van der Waals surface area contributed by atoms with Crippen LogP contribution >= 0.6 is 0 Å². The van der Waals surface area contributed by atoms with Gasteiger partial charge in [0.2, 0.25) is 5.91 Å². The molecule has 2 aromatic carbocycles. The highest BCUT2D eigenvalue weighted by Crippen LogP contribution is 2.34. The van der Waals surface area contributed by atoms with Crippen LogP contribution in [0.4, 0.5) is 15.8 Å². The third-order valence-corrected chi connectivity index (χ3v) is 4.80. The van der Waals surface area contributed by atoms with Crippen LogP contribution in [0.15, 0.2) is 42.5 Å². The molecule has 0 aliphatic carbocycles. The Labute approximate surface area is 158 Å². The number of anilines is 2. The molecule has 27 heavy (non-hydrogen) atoms. The van der Waals surface area contributed by atoms with E-state index in [0.717, 1.165) is 24.3 Å². The van der Waals surface area contributed by atoms with Crippen molar-refractivity contribution in [3.63, 3.8) is 0 Å². The Kier molecular flexibility index (Phi) is 5.74. The van der Waals surface area contributed by atoms with Gasteiger partial charge in [-0.1, -0.05) is 24.3 Å². The first kappa shape index (κ1) is 18.9. The lowest BCUT2D eigenvalue weighted by Crippen LogP contribution is -2.29. The number of carbonyl (C=O) groups excluding carboxylic acids is 2. The summed E-state index contributed by atoms with van der Waals surface area (Å²) in [5, 5.41) is 2.61. The van der Waals surface area contributed by atoms with Crippen LogP contribution in [0.3, 0.4) is 0 Å². The van der Waals surface area contributed by atoms with Gasteiger partial charge in [0.15, 0.2) is 0 Å². The lowest BCUT2D eigenvalue weighted by atomic mass is 9.90. The van der Waals surface area contributed by atoms with E-state index in [1.807, 2.05) is 24.3 Å². The summed E-state index contributed by atoms with van der Waals surface area (Å²) >= 11 is 0. The average Bonchev–Trinajstić information content (AvgIpc) is 2.67. The minimum atomic E-state index is -0.727. The molecule has 1 unspecified atom stereocenters. The molecule has 5 nitrogen and oxygen atoms in total. The minimum Gasteiger partial charge on any atom is -0.460 e. The molecule has 0 saturated carbocycles. The molecule has 0 spiro atoms. The summed E-state index contributed by atoms with van der Waals surface area (Å²) in [6.45, 7) is 5.97. The van der Waals surface area contributed by atoms with Crippen LogP contribution in [0.25, 0.3) is 0 Å². The Morgan fingerprint density at radius 2 is 1.96 bits per heavy atom. The molecule has 1 aliphatic rings. The minimum absolute atomic E-state index is 0.00480. The molecule has 0 saturated heterocycles. The van der Waals surface area contributed by atoms with Crippen LogP contribution in [-0.4, -0.2) is 25.0 Å². The number of ether oxygens (including phenoxy) is 1. The normalized spacial score (nSPS) is 15.7. The summed E-state index contributed by atoms with van der Waals surface area (Å²) < 4.78 is 19.0. The number of nitrogens with one attached hydrogen (secondary N) is 1. The summed E-state index contributed by atoms with van der Waals surface area (Å²) in [5.41, 5.74) is 2.85. The highest BCUT2D eigenvalue weighted by Gasteiger charge is 2.32. The van der Waals surface area contributed by atoms with E-state index in [4.69, 9.17) is 4.74 Å². The summed E-state index contributed by atoms with van der Waals surface area (Å²) in [6.07, 6.45) is -0.00480. The maximum absolute atomic E-state index is 13.4. The molecular weight excluding hydrogens is 347 g/mol. The molecule has 1 heterocycles. The highest BCUT2D eigenvalue weighted by atomic mass is 19.1. The Bertz CT molecular complexity index is 849. The van der Waals surface area contributed by atoms with E-state index in [0.29, 0.717) is 11.3 Å². The maximum atomic E-state index is 13.4. The molecule has 1 N–H and O–H groups in total. The van der Waals surface area contributed by atoms with Gasteiger partial charge in [0.1, 0.15) is 12.4 Å². The first-order chi connectivity index (χ1) is 13.0. The van der Waals surface area contributed by atoms with Gasteiger partial charge in [-0.2, -0.15) is 0 Å². The maximum Gasteiger partial charge on any atom is 0.314 e. The van der Waals surface area contributed by atoms with Crippen molar-refractivity contribution in [3.8, 4) is 0 Å². The van der Waals surface area contributed by atoms with Crippen LogP contribution < -0.4 is 10.2 Å². The second kappa shape index (κ2) is 8.20. The van der Waals surface area contributed by atoms with Gasteiger partial charge in [0.05, 0.1) is 5.92 Å². The molecule has 1 aliphatic heterocycles. The molecule has 142 valence electrons. The van der Waals surface area contributed by atoms with Crippen molar-refractivity contribution in [1.29, 1.82) is 0 Å². The number of halogens is 1. The molecule has 0 radical (unpaired) electrons. The van der Waals surface area contributed by atoms with Crippen LogP contribution in [0, 0.1) is 5.82 Å². The largest absolute Gasteiger partial charge is 0.460 e. The standard InChI is InChI=1S/C21H23FN2O3/c1-3-24(4-2)19-8-6-5-7-14(19)13-27-21(26)17-12-20(25)23-18-11-15(22)9-10-16(17)18/h5-11,17H,3-4,12-13H2,1-2H3,(H,23,25). The fourth-order valence-corrected chi connectivity index (χ4v) is 3.40. The summed E-state index contributed by atoms with van der Waals surface area (Å²) in [5.74, 6) is -1.99. The van der Waals surface area contributed by atoms with Crippen molar-refractivity contribution in [3.05, 3.63) is 59.4 Å². The second-order valence-corrected chi connectivity index (χ2v) is 6.45. The summed E-state index contributed by atoms with van der Waals surface area (Å²) in [7, 11) is 0. The Balaban J connectivity index is 1.77. The number of amides is 1. The van der Waals surface area contributed by atoms with E-state index in [1.54, 1.807) is 0 Å². The highest BCUT2D eigenvalue weighted by molar-refractivity contribution is 6.00. The number of benzene rings is 2. The number of hydrogen-bond donors (Lipinski definition) is 1. The van der Waals surface area contributed by atoms with Crippen LogP contribution in [0.2, 0.25) is 0 Å². The zero-order valence-corrected chi connectivity index (χ0v) is 15.5. The molecule has 1 amide bonds. The van der Waals surface area contributed by atoms with Crippen molar-refractivity contribution >= 4 is 23.3 Å². The number of fused-ring (bicyclic) bond motifs is 1. The number of hydrogen-bond acceptors (Lipinski definition) is 4. The van der Waals surface area contributed by atoms with E-state index < -0.39 is 17.7 Å². The van der Waals surface area contributed by atoms with Crippen molar-refractivity contribution in [2.24, 2.45) is 0 Å². The van der Waals surface area contributed by atoms with E-state index in [-0.39, 0.29) is 18.9 Å². The Morgan fingerprint density at radius 1 is 1.22 bits per heavy atom. The number of para-hydroxylation sites is 1. The monoisotopic (exact) mass is 370 g/mol. The summed E-state index contributed by atoms with van der Waals surface area (Å²) in [6, 6.07) is 11.8. The second-order valence-electron chi connectivity index (χ2n) is 6.45. The molecular formula is C21H23FN2O3. The smallest absolute Gasteiger partial charge is 0.314 e. The van der Waals surface area contributed by atoms with Gasteiger partial charge in [0.25, 0.3) is 0 Å². The Morgan fingerprint density at radius 3 is 2.70 bits per heavy atom. The van der Waals surface area contributed by atoms with Crippen LogP contribution in [0.1, 0.15) is 37.3 Å². The lowest BCUT2D eigenvalue weighted by Gasteiger charge is -2.26. The van der Waals surface area contributed by atoms with Gasteiger partial charge in [-0.15, -0.1) is 0 Å². The first-order valence-corrected chi connectivity index (χ1v) is 9.12. The van der Waals surface area contributed by atoms with E-state index in [2.05, 4.69) is 24.1 Å². The fourth-order valence-electron chi connectivity index (χ4n) is 3.40. The third-order valence-electron chi connectivity index (χ3n) is 4.80. The van der Waals surface area contributed by atoms with Crippen molar-refractivity contribution in [2.75, 3.05) is 23.3 Å². The van der Waals surface area contributed by atoms with Gasteiger partial charge in [-0.05, 0) is 37.6 Å². The van der Waals surface area contributed by atoms with Gasteiger partial charge in [-0.25, -0.2) is 4.39 Å². The van der Waals surface area contributed by atoms with Gasteiger partial charge in [-0.3, -0.25) is 9.59 Å². The number of rotatable bonds is 6. The fraction of sp³-hybridized carbons (Fsp3) is 0.333. The molecule has 0 fully saturated rings. The SMILES string of the molecule is CCN(CC)c1ccccc1COC(=O)C1CC(=O)Nc2cc(F)ccc21.